The normalized spacial score (nSPS) is 12.3. The lowest BCUT2D eigenvalue weighted by Gasteiger charge is -2.18. The van der Waals surface area contributed by atoms with Gasteiger partial charge in [0.25, 0.3) is 0 Å². The molecule has 20 heavy (non-hydrogen) atoms. The molecule has 0 saturated heterocycles. The molecule has 1 aromatic heterocycles. The first-order chi connectivity index (χ1) is 9.69. The van der Waals surface area contributed by atoms with Crippen LogP contribution in [0.2, 0.25) is 0 Å². The van der Waals surface area contributed by atoms with Gasteiger partial charge in [-0.25, -0.2) is 4.39 Å². The van der Waals surface area contributed by atoms with Crippen molar-refractivity contribution in [1.82, 2.24) is 10.3 Å². The zero-order valence-electron chi connectivity index (χ0n) is 11.8. The Hall–Kier alpha value is -1.39. The molecule has 1 unspecified atom stereocenters. The minimum atomic E-state index is -0.194. The molecule has 0 aliphatic heterocycles. The van der Waals surface area contributed by atoms with E-state index in [2.05, 4.69) is 23.3 Å². The van der Waals surface area contributed by atoms with Crippen LogP contribution in [0.15, 0.2) is 47.6 Å². The molecule has 4 heteroatoms. The molecule has 1 aromatic carbocycles. The van der Waals surface area contributed by atoms with Gasteiger partial charge in [-0.05, 0) is 48.9 Å². The van der Waals surface area contributed by atoms with Crippen molar-refractivity contribution in [3.8, 4) is 0 Å². The van der Waals surface area contributed by atoms with Crippen molar-refractivity contribution in [2.24, 2.45) is 0 Å². The Morgan fingerprint density at radius 1 is 1.25 bits per heavy atom. The molecule has 1 N–H and O–H groups in total. The van der Waals surface area contributed by atoms with Crippen LogP contribution in [0.1, 0.15) is 24.1 Å². The lowest BCUT2D eigenvalue weighted by Crippen LogP contribution is -2.23. The Kier molecular flexibility index (Phi) is 5.56. The fraction of sp³-hybridized carbons (Fsp3) is 0.312. The van der Waals surface area contributed by atoms with Crippen LogP contribution in [-0.2, 0) is 0 Å². The number of aromatic nitrogens is 1. The summed E-state index contributed by atoms with van der Waals surface area (Å²) in [6, 6.07) is 9.04. The van der Waals surface area contributed by atoms with Gasteiger partial charge in [0, 0.05) is 29.1 Å². The second-order valence-electron chi connectivity index (χ2n) is 4.67. The maximum absolute atomic E-state index is 12.9. The summed E-state index contributed by atoms with van der Waals surface area (Å²) in [6.07, 6.45) is 3.77. The molecule has 0 saturated carbocycles. The molecule has 0 aliphatic carbocycles. The smallest absolute Gasteiger partial charge is 0.123 e. The zero-order valence-corrected chi connectivity index (χ0v) is 12.6. The van der Waals surface area contributed by atoms with E-state index in [0.717, 1.165) is 22.8 Å². The molecular formula is C16H19FN2S. The third-order valence-corrected chi connectivity index (χ3v) is 4.08. The molecule has 2 aromatic rings. The number of hydrogen-bond acceptors (Lipinski definition) is 3. The highest BCUT2D eigenvalue weighted by molar-refractivity contribution is 7.99. The van der Waals surface area contributed by atoms with E-state index in [9.17, 15) is 4.39 Å². The van der Waals surface area contributed by atoms with Gasteiger partial charge in [-0.15, -0.1) is 11.8 Å². The highest BCUT2D eigenvalue weighted by atomic mass is 32.2. The van der Waals surface area contributed by atoms with E-state index in [1.54, 1.807) is 11.8 Å². The average molecular weight is 290 g/mol. The van der Waals surface area contributed by atoms with E-state index < -0.39 is 0 Å². The second-order valence-corrected chi connectivity index (χ2v) is 5.76. The van der Waals surface area contributed by atoms with Crippen LogP contribution in [-0.4, -0.2) is 17.3 Å². The minimum Gasteiger partial charge on any atom is -0.309 e. The lowest BCUT2D eigenvalue weighted by molar-refractivity contribution is 0.603. The summed E-state index contributed by atoms with van der Waals surface area (Å²) < 4.78 is 12.9. The Morgan fingerprint density at radius 3 is 2.65 bits per heavy atom. The maximum Gasteiger partial charge on any atom is 0.123 e. The Labute approximate surface area is 123 Å². The van der Waals surface area contributed by atoms with Crippen molar-refractivity contribution in [3.05, 3.63) is 59.7 Å². The first kappa shape index (κ1) is 15.0. The predicted octanol–water partition coefficient (Wildman–Crippen LogP) is 3.97. The zero-order chi connectivity index (χ0) is 14.4. The van der Waals surface area contributed by atoms with Crippen molar-refractivity contribution in [1.29, 1.82) is 0 Å². The van der Waals surface area contributed by atoms with Gasteiger partial charge in [-0.3, -0.25) is 4.98 Å². The quantitative estimate of drug-likeness (QED) is 0.815. The molecule has 1 heterocycles. The van der Waals surface area contributed by atoms with E-state index in [1.807, 2.05) is 31.5 Å². The third kappa shape index (κ3) is 4.32. The first-order valence-electron chi connectivity index (χ1n) is 6.72. The Balaban J connectivity index is 2.04. The van der Waals surface area contributed by atoms with Crippen LogP contribution in [0.3, 0.4) is 0 Å². The van der Waals surface area contributed by atoms with Crippen LogP contribution >= 0.6 is 11.8 Å². The molecule has 2 rings (SSSR count). The Bertz CT molecular complexity index is 542. The number of hydrogen-bond donors (Lipinski definition) is 1. The SMILES string of the molecule is CCNC(CSc1ccc(F)cc1)c1cncc(C)c1. The van der Waals surface area contributed by atoms with Crippen molar-refractivity contribution < 1.29 is 4.39 Å². The van der Waals surface area contributed by atoms with E-state index in [1.165, 1.54) is 17.7 Å². The summed E-state index contributed by atoms with van der Waals surface area (Å²) in [5.41, 5.74) is 2.36. The maximum atomic E-state index is 12.9. The molecule has 0 amide bonds. The van der Waals surface area contributed by atoms with Crippen molar-refractivity contribution >= 4 is 11.8 Å². The molecule has 1 atom stereocenters. The number of thioether (sulfide) groups is 1. The van der Waals surface area contributed by atoms with E-state index >= 15 is 0 Å². The number of aryl methyl sites for hydroxylation is 1. The van der Waals surface area contributed by atoms with E-state index in [-0.39, 0.29) is 11.9 Å². The number of benzene rings is 1. The summed E-state index contributed by atoms with van der Waals surface area (Å²) >= 11 is 1.72. The van der Waals surface area contributed by atoms with Crippen LogP contribution in [0.25, 0.3) is 0 Å². The van der Waals surface area contributed by atoms with Crippen molar-refractivity contribution in [3.63, 3.8) is 0 Å². The van der Waals surface area contributed by atoms with Gasteiger partial charge in [0.15, 0.2) is 0 Å². The Morgan fingerprint density at radius 2 is 2.00 bits per heavy atom. The number of halogens is 1. The topological polar surface area (TPSA) is 24.9 Å². The summed E-state index contributed by atoms with van der Waals surface area (Å²) in [6.45, 7) is 5.05. The number of rotatable bonds is 6. The molecule has 0 bridgehead atoms. The minimum absolute atomic E-state index is 0.194. The van der Waals surface area contributed by atoms with Gasteiger partial charge in [0.2, 0.25) is 0 Å². The van der Waals surface area contributed by atoms with Crippen LogP contribution < -0.4 is 5.32 Å². The summed E-state index contributed by atoms with van der Waals surface area (Å²) in [5, 5.41) is 3.47. The van der Waals surface area contributed by atoms with E-state index in [4.69, 9.17) is 0 Å². The molecule has 0 spiro atoms. The van der Waals surface area contributed by atoms with Gasteiger partial charge < -0.3 is 5.32 Å². The van der Waals surface area contributed by atoms with Gasteiger partial charge in [-0.2, -0.15) is 0 Å². The molecule has 2 nitrogen and oxygen atoms in total. The van der Waals surface area contributed by atoms with Crippen LogP contribution in [0.4, 0.5) is 4.39 Å². The molecule has 0 fully saturated rings. The summed E-state index contributed by atoms with van der Waals surface area (Å²) in [4.78, 5) is 5.33. The molecule has 106 valence electrons. The standard InChI is InChI=1S/C16H19FN2S/c1-3-19-16(13-8-12(2)9-18-10-13)11-20-15-6-4-14(17)5-7-15/h4-10,16,19H,3,11H2,1-2H3. The number of nitrogens with zero attached hydrogens (tertiary/aromatic N) is 1. The first-order valence-corrected chi connectivity index (χ1v) is 7.71. The third-order valence-electron chi connectivity index (χ3n) is 2.98. The number of nitrogens with one attached hydrogen (secondary N) is 1. The lowest BCUT2D eigenvalue weighted by atomic mass is 10.1. The second kappa shape index (κ2) is 7.41. The van der Waals surface area contributed by atoms with Crippen LogP contribution in [0, 0.1) is 12.7 Å². The monoisotopic (exact) mass is 290 g/mol. The predicted molar refractivity (Wildman–Crippen MR) is 82.5 cm³/mol. The highest BCUT2D eigenvalue weighted by Gasteiger charge is 2.11. The highest BCUT2D eigenvalue weighted by Crippen LogP contribution is 2.25. The fourth-order valence-corrected chi connectivity index (χ4v) is 3.00. The summed E-state index contributed by atoms with van der Waals surface area (Å²) in [7, 11) is 0. The van der Waals surface area contributed by atoms with Crippen molar-refractivity contribution in [2.45, 2.75) is 24.8 Å². The van der Waals surface area contributed by atoms with Gasteiger partial charge >= 0.3 is 0 Å². The van der Waals surface area contributed by atoms with Crippen LogP contribution in [0.5, 0.6) is 0 Å². The van der Waals surface area contributed by atoms with Gasteiger partial charge in [-0.1, -0.05) is 13.0 Å². The summed E-state index contributed by atoms with van der Waals surface area (Å²) in [5.74, 6) is 0.699. The van der Waals surface area contributed by atoms with Gasteiger partial charge in [0.05, 0.1) is 0 Å². The molecule has 0 radical (unpaired) electrons. The average Bonchev–Trinajstić information content (AvgIpc) is 2.45. The molecular weight excluding hydrogens is 271 g/mol. The van der Waals surface area contributed by atoms with Crippen molar-refractivity contribution in [2.75, 3.05) is 12.3 Å². The fourth-order valence-electron chi connectivity index (χ4n) is 2.00. The van der Waals surface area contributed by atoms with Gasteiger partial charge in [0.1, 0.15) is 5.82 Å². The number of pyridine rings is 1. The molecule has 0 aliphatic rings. The van der Waals surface area contributed by atoms with E-state index in [0.29, 0.717) is 0 Å². The largest absolute Gasteiger partial charge is 0.309 e.